The van der Waals surface area contributed by atoms with Crippen LogP contribution >= 0.6 is 11.3 Å². The van der Waals surface area contributed by atoms with E-state index in [1.807, 2.05) is 7.05 Å². The number of nitrogens with one attached hydrogen (secondary N) is 1. The van der Waals surface area contributed by atoms with Crippen LogP contribution in [0.4, 0.5) is 0 Å². The molecular formula is C17H27N3OS. The second-order valence-electron chi connectivity index (χ2n) is 6.47. The lowest BCUT2D eigenvalue weighted by Gasteiger charge is -2.35. The molecule has 0 radical (unpaired) electrons. The Balaban J connectivity index is 1.69. The molecule has 4 nitrogen and oxygen atoms in total. The maximum Gasteiger partial charge on any atom is 0.245 e. The fraction of sp³-hybridized carbons (Fsp3) is 0.706. The van der Waals surface area contributed by atoms with E-state index in [1.165, 1.54) is 29.8 Å². The number of rotatable bonds is 4. The van der Waals surface area contributed by atoms with Gasteiger partial charge in [-0.05, 0) is 62.3 Å². The van der Waals surface area contributed by atoms with Crippen molar-refractivity contribution in [3.05, 3.63) is 21.9 Å². The summed E-state index contributed by atoms with van der Waals surface area (Å²) in [5.41, 5.74) is 1.35. The van der Waals surface area contributed by atoms with E-state index in [9.17, 15) is 4.79 Å². The van der Waals surface area contributed by atoms with Crippen molar-refractivity contribution < 1.29 is 4.79 Å². The van der Waals surface area contributed by atoms with Gasteiger partial charge in [-0.25, -0.2) is 0 Å². The summed E-state index contributed by atoms with van der Waals surface area (Å²) < 4.78 is 0. The smallest absolute Gasteiger partial charge is 0.245 e. The number of likely N-dealkylation sites (tertiary alicyclic amines) is 1. The van der Waals surface area contributed by atoms with Crippen LogP contribution in [0.2, 0.25) is 0 Å². The zero-order valence-corrected chi connectivity index (χ0v) is 14.5. The number of hydrogen-bond donors (Lipinski definition) is 1. The van der Waals surface area contributed by atoms with Gasteiger partial charge in [-0.3, -0.25) is 4.79 Å². The third kappa shape index (κ3) is 3.21. The first kappa shape index (κ1) is 16.0. The lowest BCUT2D eigenvalue weighted by Crippen LogP contribution is -2.45. The third-order valence-electron chi connectivity index (χ3n) is 5.07. The van der Waals surface area contributed by atoms with Crippen molar-refractivity contribution in [2.45, 2.75) is 32.2 Å². The summed E-state index contributed by atoms with van der Waals surface area (Å²) in [5.74, 6) is 0.892. The van der Waals surface area contributed by atoms with Crippen LogP contribution < -0.4 is 5.32 Å². The molecule has 0 aromatic carbocycles. The predicted octanol–water partition coefficient (Wildman–Crippen LogP) is 2.13. The minimum absolute atomic E-state index is 0.150. The number of carbonyl (C=O) groups is 1. The SMILES string of the molecule is CCN1CCCC(CN2CCc3ccsc3C(NC)C2=O)C1. The molecule has 0 aliphatic carbocycles. The van der Waals surface area contributed by atoms with Gasteiger partial charge in [-0.15, -0.1) is 11.3 Å². The highest BCUT2D eigenvalue weighted by Gasteiger charge is 2.32. The number of amides is 1. The normalized spacial score (nSPS) is 26.8. The van der Waals surface area contributed by atoms with E-state index < -0.39 is 0 Å². The van der Waals surface area contributed by atoms with E-state index in [0.717, 1.165) is 32.6 Å². The molecule has 1 amide bonds. The van der Waals surface area contributed by atoms with Crippen LogP contribution in [0, 0.1) is 5.92 Å². The molecule has 0 saturated carbocycles. The fourth-order valence-corrected chi connectivity index (χ4v) is 4.86. The van der Waals surface area contributed by atoms with E-state index in [1.54, 1.807) is 11.3 Å². The number of thiophene rings is 1. The zero-order valence-electron chi connectivity index (χ0n) is 13.7. The molecule has 1 N–H and O–H groups in total. The Labute approximate surface area is 137 Å². The fourth-order valence-electron chi connectivity index (χ4n) is 3.80. The summed E-state index contributed by atoms with van der Waals surface area (Å²) in [5, 5.41) is 5.34. The van der Waals surface area contributed by atoms with Crippen molar-refractivity contribution in [3.8, 4) is 0 Å². The van der Waals surface area contributed by atoms with Gasteiger partial charge in [0.15, 0.2) is 0 Å². The molecule has 2 aliphatic rings. The van der Waals surface area contributed by atoms with Crippen LogP contribution in [0.5, 0.6) is 0 Å². The van der Waals surface area contributed by atoms with Crippen LogP contribution in [-0.2, 0) is 11.2 Å². The minimum atomic E-state index is -0.150. The Hall–Kier alpha value is -0.910. The second-order valence-corrected chi connectivity index (χ2v) is 7.42. The number of fused-ring (bicyclic) bond motifs is 1. The van der Waals surface area contributed by atoms with Crippen molar-refractivity contribution >= 4 is 17.2 Å². The van der Waals surface area contributed by atoms with E-state index in [-0.39, 0.29) is 11.9 Å². The molecule has 1 fully saturated rings. The van der Waals surface area contributed by atoms with Crippen LogP contribution in [0.15, 0.2) is 11.4 Å². The standard InChI is InChI=1S/C17H27N3OS/c1-3-19-8-4-5-13(11-19)12-20-9-6-14-7-10-22-16(14)15(18-2)17(20)21/h7,10,13,15,18H,3-6,8-9,11-12H2,1-2H3. The van der Waals surface area contributed by atoms with Crippen molar-refractivity contribution in [2.24, 2.45) is 5.92 Å². The molecule has 2 aliphatic heterocycles. The van der Waals surface area contributed by atoms with E-state index >= 15 is 0 Å². The average molecular weight is 321 g/mol. The van der Waals surface area contributed by atoms with Crippen LogP contribution in [0.1, 0.15) is 36.2 Å². The number of nitrogens with zero attached hydrogens (tertiary/aromatic N) is 2. The molecule has 1 saturated heterocycles. The topological polar surface area (TPSA) is 35.6 Å². The summed E-state index contributed by atoms with van der Waals surface area (Å²) in [6.45, 7) is 7.50. The first-order chi connectivity index (χ1) is 10.7. The van der Waals surface area contributed by atoms with Gasteiger partial charge in [-0.1, -0.05) is 6.92 Å². The van der Waals surface area contributed by atoms with E-state index in [0.29, 0.717) is 5.92 Å². The zero-order chi connectivity index (χ0) is 15.5. The Morgan fingerprint density at radius 3 is 3.05 bits per heavy atom. The molecule has 122 valence electrons. The lowest BCUT2D eigenvalue weighted by molar-refractivity contribution is -0.134. The highest BCUT2D eigenvalue weighted by Crippen LogP contribution is 2.30. The van der Waals surface area contributed by atoms with Crippen molar-refractivity contribution in [3.63, 3.8) is 0 Å². The Bertz CT molecular complexity index is 516. The average Bonchev–Trinajstić information content (AvgIpc) is 2.96. The quantitative estimate of drug-likeness (QED) is 0.923. The van der Waals surface area contributed by atoms with E-state index in [4.69, 9.17) is 0 Å². The summed E-state index contributed by atoms with van der Waals surface area (Å²) >= 11 is 1.71. The molecule has 2 atom stereocenters. The molecule has 2 unspecified atom stereocenters. The minimum Gasteiger partial charge on any atom is -0.340 e. The first-order valence-electron chi connectivity index (χ1n) is 8.47. The number of carbonyl (C=O) groups excluding carboxylic acids is 1. The molecule has 1 aromatic heterocycles. The van der Waals surface area contributed by atoms with Gasteiger partial charge in [0.1, 0.15) is 6.04 Å². The van der Waals surface area contributed by atoms with Gasteiger partial charge in [-0.2, -0.15) is 0 Å². The summed E-state index contributed by atoms with van der Waals surface area (Å²) in [7, 11) is 1.90. The van der Waals surface area contributed by atoms with Crippen molar-refractivity contribution in [1.29, 1.82) is 0 Å². The number of piperidine rings is 1. The first-order valence-corrected chi connectivity index (χ1v) is 9.35. The van der Waals surface area contributed by atoms with Gasteiger partial charge in [0.05, 0.1) is 0 Å². The van der Waals surface area contributed by atoms with Crippen LogP contribution in [0.3, 0.4) is 0 Å². The summed E-state index contributed by atoms with van der Waals surface area (Å²) in [6.07, 6.45) is 3.52. The van der Waals surface area contributed by atoms with Gasteiger partial charge < -0.3 is 15.1 Å². The highest BCUT2D eigenvalue weighted by molar-refractivity contribution is 7.10. The molecular weight excluding hydrogens is 294 g/mol. The van der Waals surface area contributed by atoms with Crippen LogP contribution in [-0.4, -0.2) is 55.5 Å². The predicted molar refractivity (Wildman–Crippen MR) is 91.2 cm³/mol. The van der Waals surface area contributed by atoms with Gasteiger partial charge in [0, 0.05) is 24.5 Å². The molecule has 3 heterocycles. The lowest BCUT2D eigenvalue weighted by atomic mass is 9.97. The number of likely N-dealkylation sites (N-methyl/N-ethyl adjacent to an activating group) is 1. The monoisotopic (exact) mass is 321 g/mol. The largest absolute Gasteiger partial charge is 0.340 e. The summed E-state index contributed by atoms with van der Waals surface area (Å²) in [4.78, 5) is 18.8. The van der Waals surface area contributed by atoms with Crippen LogP contribution in [0.25, 0.3) is 0 Å². The molecule has 5 heteroatoms. The van der Waals surface area contributed by atoms with Crippen molar-refractivity contribution in [2.75, 3.05) is 39.8 Å². The van der Waals surface area contributed by atoms with Gasteiger partial charge in [0.2, 0.25) is 5.91 Å². The van der Waals surface area contributed by atoms with Gasteiger partial charge in [0.25, 0.3) is 0 Å². The molecule has 1 aromatic rings. The second kappa shape index (κ2) is 7.11. The van der Waals surface area contributed by atoms with E-state index in [2.05, 4.69) is 33.5 Å². The maximum atomic E-state index is 12.9. The molecule has 0 bridgehead atoms. The Kier molecular flexibility index (Phi) is 5.16. The number of hydrogen-bond acceptors (Lipinski definition) is 4. The maximum absolute atomic E-state index is 12.9. The molecule has 22 heavy (non-hydrogen) atoms. The summed E-state index contributed by atoms with van der Waals surface area (Å²) in [6, 6.07) is 2.03. The van der Waals surface area contributed by atoms with Crippen molar-refractivity contribution in [1.82, 2.24) is 15.1 Å². The van der Waals surface area contributed by atoms with Gasteiger partial charge >= 0.3 is 0 Å². The highest BCUT2D eigenvalue weighted by atomic mass is 32.1. The Morgan fingerprint density at radius 2 is 2.27 bits per heavy atom. The molecule has 3 rings (SSSR count). The Morgan fingerprint density at radius 1 is 1.41 bits per heavy atom. The molecule has 0 spiro atoms. The third-order valence-corrected chi connectivity index (χ3v) is 6.09.